The number of piperidine rings is 1. The van der Waals surface area contributed by atoms with Crippen molar-refractivity contribution in [3.8, 4) is 0 Å². The lowest BCUT2D eigenvalue weighted by Gasteiger charge is -2.40. The normalized spacial score (nSPS) is 34.9. The molecule has 2 fully saturated rings. The van der Waals surface area contributed by atoms with Gasteiger partial charge in [0.05, 0.1) is 6.04 Å². The first-order valence-corrected chi connectivity index (χ1v) is 8.44. The fraction of sp³-hybridized carbons (Fsp3) is 0.765. The van der Waals surface area contributed by atoms with Crippen molar-refractivity contribution in [2.45, 2.75) is 70.5 Å². The predicted molar refractivity (Wildman–Crippen MR) is 84.8 cm³/mol. The van der Waals surface area contributed by atoms with Gasteiger partial charge in [-0.1, -0.05) is 13.3 Å². The summed E-state index contributed by atoms with van der Waals surface area (Å²) in [5.41, 5.74) is 9.61. The van der Waals surface area contributed by atoms with Crippen molar-refractivity contribution in [1.29, 1.82) is 0 Å². The Kier molecular flexibility index (Phi) is 4.38. The molecular formula is C17H29N3O. The molecule has 2 heterocycles. The van der Waals surface area contributed by atoms with E-state index in [4.69, 9.17) is 10.2 Å². The van der Waals surface area contributed by atoms with Crippen LogP contribution < -0.4 is 11.2 Å². The summed E-state index contributed by atoms with van der Waals surface area (Å²) in [5, 5.41) is 2.38. The lowest BCUT2D eigenvalue weighted by atomic mass is 9.99. The Morgan fingerprint density at radius 2 is 1.95 bits per heavy atom. The van der Waals surface area contributed by atoms with Gasteiger partial charge in [0.15, 0.2) is 0 Å². The van der Waals surface area contributed by atoms with Gasteiger partial charge in [-0.3, -0.25) is 0 Å². The third-order valence-corrected chi connectivity index (χ3v) is 5.20. The SMILES string of the molecule is CC1CC1c1ccc(C(CN)NN2C(C)CCCC2C)o1. The predicted octanol–water partition coefficient (Wildman–Crippen LogP) is 3.17. The zero-order valence-corrected chi connectivity index (χ0v) is 13.5. The van der Waals surface area contributed by atoms with Gasteiger partial charge in [-0.15, -0.1) is 0 Å². The van der Waals surface area contributed by atoms with E-state index in [1.54, 1.807) is 0 Å². The summed E-state index contributed by atoms with van der Waals surface area (Å²) < 4.78 is 6.07. The number of furan rings is 1. The van der Waals surface area contributed by atoms with E-state index >= 15 is 0 Å². The van der Waals surface area contributed by atoms with Gasteiger partial charge in [0.1, 0.15) is 11.5 Å². The van der Waals surface area contributed by atoms with Crippen molar-refractivity contribution < 1.29 is 4.42 Å². The van der Waals surface area contributed by atoms with Crippen molar-refractivity contribution in [1.82, 2.24) is 10.4 Å². The fourth-order valence-electron chi connectivity index (χ4n) is 3.56. The highest BCUT2D eigenvalue weighted by atomic mass is 16.3. The van der Waals surface area contributed by atoms with Gasteiger partial charge < -0.3 is 10.2 Å². The molecule has 3 N–H and O–H groups in total. The van der Waals surface area contributed by atoms with Crippen LogP contribution in [0.15, 0.2) is 16.5 Å². The number of hydrazine groups is 1. The second-order valence-electron chi connectivity index (χ2n) is 7.01. The highest BCUT2D eigenvalue weighted by Gasteiger charge is 2.37. The number of nitrogens with one attached hydrogen (secondary N) is 1. The van der Waals surface area contributed by atoms with E-state index < -0.39 is 0 Å². The number of rotatable bonds is 5. The van der Waals surface area contributed by atoms with Gasteiger partial charge in [-0.25, -0.2) is 10.4 Å². The van der Waals surface area contributed by atoms with E-state index in [0.29, 0.717) is 24.5 Å². The maximum atomic E-state index is 6.07. The molecule has 118 valence electrons. The van der Waals surface area contributed by atoms with Crippen LogP contribution >= 0.6 is 0 Å². The van der Waals surface area contributed by atoms with Crippen molar-refractivity contribution in [2.75, 3.05) is 6.54 Å². The maximum Gasteiger partial charge on any atom is 0.123 e. The molecule has 0 bridgehead atoms. The molecule has 0 radical (unpaired) electrons. The standard InChI is InChI=1S/C17H29N3O/c1-11-9-14(11)16-7-8-17(21-16)15(10-18)19-20-12(2)5-4-6-13(20)3/h7-8,11-15,19H,4-6,9-10,18H2,1-3H3. The Morgan fingerprint density at radius 1 is 1.29 bits per heavy atom. The monoisotopic (exact) mass is 291 g/mol. The summed E-state index contributed by atoms with van der Waals surface area (Å²) in [6.45, 7) is 7.41. The summed E-state index contributed by atoms with van der Waals surface area (Å²) in [6, 6.07) is 5.43. The van der Waals surface area contributed by atoms with E-state index in [-0.39, 0.29) is 6.04 Å². The van der Waals surface area contributed by atoms with Crippen molar-refractivity contribution in [3.63, 3.8) is 0 Å². The Labute approximate surface area is 128 Å². The molecule has 1 saturated heterocycles. The van der Waals surface area contributed by atoms with Crippen molar-refractivity contribution in [3.05, 3.63) is 23.7 Å². The first-order chi connectivity index (χ1) is 10.1. The van der Waals surface area contributed by atoms with Crippen LogP contribution in [0.5, 0.6) is 0 Å². The Bertz CT molecular complexity index is 462. The first-order valence-electron chi connectivity index (χ1n) is 8.44. The Morgan fingerprint density at radius 3 is 2.52 bits per heavy atom. The van der Waals surface area contributed by atoms with E-state index in [0.717, 1.165) is 17.4 Å². The van der Waals surface area contributed by atoms with Gasteiger partial charge in [0.2, 0.25) is 0 Å². The summed E-state index contributed by atoms with van der Waals surface area (Å²) in [7, 11) is 0. The van der Waals surface area contributed by atoms with Crippen LogP contribution in [-0.4, -0.2) is 23.6 Å². The Hall–Kier alpha value is -0.840. The molecule has 0 amide bonds. The van der Waals surface area contributed by atoms with Crippen LogP contribution in [-0.2, 0) is 0 Å². The van der Waals surface area contributed by atoms with Gasteiger partial charge in [-0.2, -0.15) is 0 Å². The molecule has 3 rings (SSSR count). The molecule has 0 aromatic carbocycles. The molecule has 5 atom stereocenters. The third-order valence-electron chi connectivity index (χ3n) is 5.20. The third kappa shape index (κ3) is 3.17. The largest absolute Gasteiger partial charge is 0.464 e. The molecule has 1 aliphatic heterocycles. The van der Waals surface area contributed by atoms with Gasteiger partial charge >= 0.3 is 0 Å². The van der Waals surface area contributed by atoms with E-state index in [2.05, 4.69) is 43.3 Å². The lowest BCUT2D eigenvalue weighted by Crippen LogP contribution is -2.54. The zero-order valence-electron chi connectivity index (χ0n) is 13.5. The molecule has 4 nitrogen and oxygen atoms in total. The molecule has 2 aliphatic rings. The summed E-state index contributed by atoms with van der Waals surface area (Å²) in [5.74, 6) is 3.52. The average Bonchev–Trinajstić information content (AvgIpc) is 3.00. The molecule has 1 aromatic heterocycles. The van der Waals surface area contributed by atoms with Gasteiger partial charge in [-0.05, 0) is 51.2 Å². The first kappa shape index (κ1) is 15.1. The second kappa shape index (κ2) is 6.11. The van der Waals surface area contributed by atoms with Crippen LogP contribution in [0.2, 0.25) is 0 Å². The fourth-order valence-corrected chi connectivity index (χ4v) is 3.56. The lowest BCUT2D eigenvalue weighted by molar-refractivity contribution is 0.0268. The van der Waals surface area contributed by atoms with E-state index in [9.17, 15) is 0 Å². The number of nitrogens with zero attached hydrogens (tertiary/aromatic N) is 1. The van der Waals surface area contributed by atoms with Gasteiger partial charge in [0, 0.05) is 24.5 Å². The number of hydrogen-bond acceptors (Lipinski definition) is 4. The minimum atomic E-state index is 0.0795. The topological polar surface area (TPSA) is 54.4 Å². The molecule has 4 heteroatoms. The molecule has 1 aliphatic carbocycles. The maximum absolute atomic E-state index is 6.07. The zero-order chi connectivity index (χ0) is 15.0. The molecule has 1 saturated carbocycles. The van der Waals surface area contributed by atoms with Crippen LogP contribution in [0.1, 0.15) is 69.9 Å². The van der Waals surface area contributed by atoms with Crippen molar-refractivity contribution >= 4 is 0 Å². The van der Waals surface area contributed by atoms with Crippen LogP contribution in [0.25, 0.3) is 0 Å². The van der Waals surface area contributed by atoms with Crippen LogP contribution in [0.3, 0.4) is 0 Å². The molecular weight excluding hydrogens is 262 g/mol. The number of hydrogen-bond donors (Lipinski definition) is 2. The summed E-state index contributed by atoms with van der Waals surface area (Å²) in [4.78, 5) is 0. The molecule has 0 spiro atoms. The molecule has 21 heavy (non-hydrogen) atoms. The van der Waals surface area contributed by atoms with Crippen molar-refractivity contribution in [2.24, 2.45) is 11.7 Å². The van der Waals surface area contributed by atoms with E-state index in [1.807, 2.05) is 0 Å². The van der Waals surface area contributed by atoms with Crippen LogP contribution in [0, 0.1) is 5.92 Å². The van der Waals surface area contributed by atoms with Crippen LogP contribution in [0.4, 0.5) is 0 Å². The minimum absolute atomic E-state index is 0.0795. The number of nitrogens with two attached hydrogens (primary N) is 1. The quantitative estimate of drug-likeness (QED) is 0.875. The smallest absolute Gasteiger partial charge is 0.123 e. The summed E-state index contributed by atoms with van der Waals surface area (Å²) in [6.07, 6.45) is 5.07. The highest BCUT2D eigenvalue weighted by Crippen LogP contribution is 2.47. The summed E-state index contributed by atoms with van der Waals surface area (Å²) >= 11 is 0. The van der Waals surface area contributed by atoms with Gasteiger partial charge in [0.25, 0.3) is 0 Å². The Balaban J connectivity index is 1.68. The average molecular weight is 291 g/mol. The molecule has 5 unspecified atom stereocenters. The molecule has 1 aromatic rings. The second-order valence-corrected chi connectivity index (χ2v) is 7.01. The minimum Gasteiger partial charge on any atom is -0.464 e. The van der Waals surface area contributed by atoms with E-state index in [1.165, 1.54) is 25.7 Å². The highest BCUT2D eigenvalue weighted by molar-refractivity contribution is 5.19.